The average molecular weight is 230 g/mol. The van der Waals surface area contributed by atoms with Gasteiger partial charge in [0.05, 0.1) is 12.7 Å². The minimum atomic E-state index is -0.0286. The van der Waals surface area contributed by atoms with Gasteiger partial charge in [0.25, 0.3) is 0 Å². The van der Waals surface area contributed by atoms with Crippen molar-refractivity contribution in [3.8, 4) is 6.07 Å². The summed E-state index contributed by atoms with van der Waals surface area (Å²) in [6, 6.07) is 12.6. The Morgan fingerprint density at radius 2 is 2.06 bits per heavy atom. The van der Waals surface area contributed by atoms with Gasteiger partial charge in [0.2, 0.25) is 0 Å². The number of nitrogens with zero attached hydrogens (tertiary/aromatic N) is 2. The summed E-state index contributed by atoms with van der Waals surface area (Å²) in [6.07, 6.45) is 1.82. The molecule has 1 aliphatic rings. The fourth-order valence-electron chi connectivity index (χ4n) is 2.17. The molecule has 0 aromatic heterocycles. The molecule has 17 heavy (non-hydrogen) atoms. The van der Waals surface area contributed by atoms with E-state index in [2.05, 4.69) is 23.1 Å². The molecule has 0 N–H and O–H groups in total. The Hall–Kier alpha value is -1.37. The van der Waals surface area contributed by atoms with Crippen LogP contribution in [0.25, 0.3) is 0 Å². The zero-order valence-electron chi connectivity index (χ0n) is 10.0. The predicted molar refractivity (Wildman–Crippen MR) is 66.6 cm³/mol. The van der Waals surface area contributed by atoms with Crippen LogP contribution in [-0.2, 0) is 11.2 Å². The number of benzene rings is 1. The summed E-state index contributed by atoms with van der Waals surface area (Å²) >= 11 is 0. The molecule has 0 saturated carbocycles. The summed E-state index contributed by atoms with van der Waals surface area (Å²) in [7, 11) is 0. The first-order valence-corrected chi connectivity index (χ1v) is 6.15. The molecule has 1 heterocycles. The Bertz CT molecular complexity index is 364. The minimum absolute atomic E-state index is 0.0286. The lowest BCUT2D eigenvalue weighted by molar-refractivity contribution is 0.137. The molecule has 1 aliphatic heterocycles. The van der Waals surface area contributed by atoms with E-state index in [0.29, 0.717) is 0 Å². The lowest BCUT2D eigenvalue weighted by Crippen LogP contribution is -2.37. The van der Waals surface area contributed by atoms with Crippen molar-refractivity contribution in [3.05, 3.63) is 35.9 Å². The minimum Gasteiger partial charge on any atom is -0.380 e. The normalized spacial score (nSPS) is 19.2. The van der Waals surface area contributed by atoms with Crippen molar-refractivity contribution in [2.75, 3.05) is 26.3 Å². The van der Waals surface area contributed by atoms with Crippen LogP contribution in [0.3, 0.4) is 0 Å². The zero-order valence-corrected chi connectivity index (χ0v) is 10.0. The van der Waals surface area contributed by atoms with Crippen molar-refractivity contribution >= 4 is 0 Å². The van der Waals surface area contributed by atoms with Gasteiger partial charge in [-0.05, 0) is 12.0 Å². The molecule has 1 saturated heterocycles. The molecule has 1 aromatic carbocycles. The molecule has 2 rings (SSSR count). The van der Waals surface area contributed by atoms with Gasteiger partial charge < -0.3 is 4.74 Å². The third-order valence-corrected chi connectivity index (χ3v) is 3.12. The van der Waals surface area contributed by atoms with Crippen molar-refractivity contribution in [2.45, 2.75) is 18.9 Å². The van der Waals surface area contributed by atoms with E-state index < -0.39 is 0 Å². The van der Waals surface area contributed by atoms with E-state index in [1.165, 1.54) is 5.56 Å². The number of hydrogen-bond donors (Lipinski definition) is 0. The van der Waals surface area contributed by atoms with E-state index in [4.69, 9.17) is 4.74 Å². The molecule has 0 aliphatic carbocycles. The van der Waals surface area contributed by atoms with E-state index in [1.54, 1.807) is 0 Å². The first-order valence-electron chi connectivity index (χ1n) is 6.15. The molecule has 0 bridgehead atoms. The van der Waals surface area contributed by atoms with E-state index >= 15 is 0 Å². The molecule has 3 nitrogen and oxygen atoms in total. The van der Waals surface area contributed by atoms with Crippen LogP contribution in [-0.4, -0.2) is 37.2 Å². The Morgan fingerprint density at radius 1 is 1.24 bits per heavy atom. The van der Waals surface area contributed by atoms with Gasteiger partial charge >= 0.3 is 0 Å². The highest BCUT2D eigenvalue weighted by Gasteiger charge is 2.19. The second-order valence-electron chi connectivity index (χ2n) is 4.34. The molecule has 3 heteroatoms. The van der Waals surface area contributed by atoms with Crippen LogP contribution in [0.15, 0.2) is 30.3 Å². The van der Waals surface area contributed by atoms with Gasteiger partial charge in [-0.2, -0.15) is 5.26 Å². The lowest BCUT2D eigenvalue weighted by atomic mass is 10.1. The van der Waals surface area contributed by atoms with Gasteiger partial charge in [0.15, 0.2) is 0 Å². The topological polar surface area (TPSA) is 36.3 Å². The molecule has 0 amide bonds. The highest BCUT2D eigenvalue weighted by Crippen LogP contribution is 2.10. The van der Waals surface area contributed by atoms with E-state index in [1.807, 2.05) is 18.2 Å². The second-order valence-corrected chi connectivity index (χ2v) is 4.34. The van der Waals surface area contributed by atoms with Crippen LogP contribution in [0.1, 0.15) is 12.0 Å². The number of ether oxygens (including phenoxy) is 1. The van der Waals surface area contributed by atoms with E-state index in [9.17, 15) is 5.26 Å². The third-order valence-electron chi connectivity index (χ3n) is 3.12. The Kier molecular flexibility index (Phi) is 4.54. The van der Waals surface area contributed by atoms with Gasteiger partial charge in [-0.3, -0.25) is 4.90 Å². The van der Waals surface area contributed by atoms with Crippen LogP contribution in [0.5, 0.6) is 0 Å². The van der Waals surface area contributed by atoms with Crippen LogP contribution < -0.4 is 0 Å². The molecule has 0 unspecified atom stereocenters. The summed E-state index contributed by atoms with van der Waals surface area (Å²) in [5, 5.41) is 9.30. The maximum atomic E-state index is 9.30. The number of rotatable bonds is 3. The number of hydrogen-bond acceptors (Lipinski definition) is 3. The zero-order chi connectivity index (χ0) is 11.9. The molecule has 1 atom stereocenters. The molecule has 1 fully saturated rings. The summed E-state index contributed by atoms with van der Waals surface area (Å²) in [5.41, 5.74) is 1.23. The largest absolute Gasteiger partial charge is 0.380 e. The maximum Gasteiger partial charge on any atom is 0.102 e. The average Bonchev–Trinajstić information content (AvgIpc) is 2.66. The number of nitriles is 1. The first-order chi connectivity index (χ1) is 8.40. The van der Waals surface area contributed by atoms with Crippen molar-refractivity contribution < 1.29 is 4.74 Å². The molecule has 90 valence electrons. The third kappa shape index (κ3) is 3.55. The predicted octanol–water partition coefficient (Wildman–Crippen LogP) is 1.84. The molecule has 1 aromatic rings. The van der Waals surface area contributed by atoms with Crippen molar-refractivity contribution in [1.82, 2.24) is 4.90 Å². The van der Waals surface area contributed by atoms with Crippen molar-refractivity contribution in [1.29, 1.82) is 5.26 Å². The smallest absolute Gasteiger partial charge is 0.102 e. The van der Waals surface area contributed by atoms with Crippen LogP contribution >= 0.6 is 0 Å². The second kappa shape index (κ2) is 6.39. The maximum absolute atomic E-state index is 9.30. The van der Waals surface area contributed by atoms with Crippen molar-refractivity contribution in [3.63, 3.8) is 0 Å². The van der Waals surface area contributed by atoms with Gasteiger partial charge in [0, 0.05) is 26.1 Å². The Labute approximate surface area is 103 Å². The van der Waals surface area contributed by atoms with Gasteiger partial charge in [-0.1, -0.05) is 30.3 Å². The fourth-order valence-corrected chi connectivity index (χ4v) is 2.17. The van der Waals surface area contributed by atoms with Crippen LogP contribution in [0.4, 0.5) is 0 Å². The first kappa shape index (κ1) is 12.1. The molecule has 0 radical (unpaired) electrons. The lowest BCUT2D eigenvalue weighted by Gasteiger charge is -2.24. The standard InChI is InChI=1S/C14H18N2O/c15-12-14(11-13-5-2-1-3-6-13)16-7-4-9-17-10-8-16/h1-3,5-6,14H,4,7-11H2/t14-/m0/s1. The van der Waals surface area contributed by atoms with Gasteiger partial charge in [-0.25, -0.2) is 0 Å². The van der Waals surface area contributed by atoms with Gasteiger partial charge in [-0.15, -0.1) is 0 Å². The van der Waals surface area contributed by atoms with E-state index in [0.717, 1.165) is 39.1 Å². The van der Waals surface area contributed by atoms with Gasteiger partial charge in [0.1, 0.15) is 6.04 Å². The summed E-state index contributed by atoms with van der Waals surface area (Å²) < 4.78 is 5.42. The summed E-state index contributed by atoms with van der Waals surface area (Å²) in [6.45, 7) is 3.39. The van der Waals surface area contributed by atoms with Crippen LogP contribution in [0.2, 0.25) is 0 Å². The molecular formula is C14H18N2O. The molecular weight excluding hydrogens is 212 g/mol. The van der Waals surface area contributed by atoms with Crippen LogP contribution in [0, 0.1) is 11.3 Å². The Morgan fingerprint density at radius 3 is 2.82 bits per heavy atom. The summed E-state index contributed by atoms with van der Waals surface area (Å²) in [4.78, 5) is 2.24. The monoisotopic (exact) mass is 230 g/mol. The van der Waals surface area contributed by atoms with E-state index in [-0.39, 0.29) is 6.04 Å². The quantitative estimate of drug-likeness (QED) is 0.795. The molecule has 0 spiro atoms. The fraction of sp³-hybridized carbons (Fsp3) is 0.500. The summed E-state index contributed by atoms with van der Waals surface area (Å²) in [5.74, 6) is 0. The van der Waals surface area contributed by atoms with Crippen molar-refractivity contribution in [2.24, 2.45) is 0 Å². The highest BCUT2D eigenvalue weighted by atomic mass is 16.5. The highest BCUT2D eigenvalue weighted by molar-refractivity contribution is 5.18. The SMILES string of the molecule is N#C[C@H](Cc1ccccc1)N1CCCOCC1. The Balaban J connectivity index is 1.98.